The third kappa shape index (κ3) is 2.22. The summed E-state index contributed by atoms with van der Waals surface area (Å²) in [6.07, 6.45) is 1.70. The van der Waals surface area contributed by atoms with E-state index in [0.717, 1.165) is 11.3 Å². The fraction of sp³-hybridized carbons (Fsp3) is 0.120. The van der Waals surface area contributed by atoms with Gasteiger partial charge in [-0.3, -0.25) is 4.98 Å². The first-order valence-electron chi connectivity index (χ1n) is 9.13. The number of nitriles is 1. The highest BCUT2D eigenvalue weighted by Gasteiger charge is 2.36. The van der Waals surface area contributed by atoms with E-state index in [1.165, 1.54) is 33.0 Å². The van der Waals surface area contributed by atoms with Crippen molar-refractivity contribution in [2.75, 3.05) is 0 Å². The second-order valence-electron chi connectivity index (χ2n) is 7.64. The number of hydrogen-bond acceptors (Lipinski definition) is 2. The summed E-state index contributed by atoms with van der Waals surface area (Å²) in [5, 5.41) is 11.8. The Labute approximate surface area is 158 Å². The normalized spacial score (nSPS) is 13.8. The van der Waals surface area contributed by atoms with Crippen molar-refractivity contribution < 1.29 is 0 Å². The maximum absolute atomic E-state index is 9.19. The molecule has 0 spiro atoms. The lowest BCUT2D eigenvalue weighted by molar-refractivity contribution is 0.666. The van der Waals surface area contributed by atoms with Crippen LogP contribution in [0.2, 0.25) is 0 Å². The molecule has 0 atom stereocenters. The van der Waals surface area contributed by atoms with Crippen molar-refractivity contribution in [1.82, 2.24) is 4.98 Å². The molecule has 0 saturated heterocycles. The van der Waals surface area contributed by atoms with Gasteiger partial charge in [0.25, 0.3) is 0 Å². The largest absolute Gasteiger partial charge is 0.256 e. The zero-order chi connectivity index (χ0) is 18.6. The smallest absolute Gasteiger partial charge is 0.0992 e. The van der Waals surface area contributed by atoms with Gasteiger partial charge in [-0.05, 0) is 51.2 Å². The molecule has 0 amide bonds. The molecule has 1 aliphatic rings. The van der Waals surface area contributed by atoms with Gasteiger partial charge >= 0.3 is 0 Å². The van der Waals surface area contributed by atoms with Gasteiger partial charge in [-0.25, -0.2) is 0 Å². The molecule has 27 heavy (non-hydrogen) atoms. The molecule has 1 aliphatic carbocycles. The summed E-state index contributed by atoms with van der Waals surface area (Å²) in [7, 11) is 0. The average molecular weight is 346 g/mol. The Balaban J connectivity index is 1.77. The van der Waals surface area contributed by atoms with Crippen molar-refractivity contribution >= 4 is 10.8 Å². The Hall–Kier alpha value is -3.44. The van der Waals surface area contributed by atoms with Gasteiger partial charge in [0.1, 0.15) is 0 Å². The molecule has 3 aromatic carbocycles. The van der Waals surface area contributed by atoms with E-state index < -0.39 is 0 Å². The quantitative estimate of drug-likeness (QED) is 0.419. The molecule has 0 bridgehead atoms. The van der Waals surface area contributed by atoms with Crippen molar-refractivity contribution in [2.24, 2.45) is 0 Å². The van der Waals surface area contributed by atoms with Crippen LogP contribution in [0, 0.1) is 11.3 Å². The standard InChI is InChI=1S/C25H18N2/c1-25(2)22-10-8-18(23-13-16(15-26)11-12-27-23)14-21(22)20-9-7-17-5-3-4-6-19(17)24(20)25/h3-14H,1-2H3. The molecule has 4 aromatic rings. The molecule has 0 aliphatic heterocycles. The Kier molecular flexibility index (Phi) is 3.23. The van der Waals surface area contributed by atoms with Crippen LogP contribution < -0.4 is 0 Å². The van der Waals surface area contributed by atoms with Crippen LogP contribution >= 0.6 is 0 Å². The molecule has 0 radical (unpaired) electrons. The predicted octanol–water partition coefficient (Wildman–Crippen LogP) is 6.08. The van der Waals surface area contributed by atoms with Crippen LogP contribution in [0.15, 0.2) is 72.9 Å². The summed E-state index contributed by atoms with van der Waals surface area (Å²) in [5.74, 6) is 0. The third-order valence-corrected chi connectivity index (χ3v) is 5.72. The molecule has 0 fully saturated rings. The third-order valence-electron chi connectivity index (χ3n) is 5.72. The zero-order valence-corrected chi connectivity index (χ0v) is 15.3. The van der Waals surface area contributed by atoms with E-state index >= 15 is 0 Å². The predicted molar refractivity (Wildman–Crippen MR) is 109 cm³/mol. The van der Waals surface area contributed by atoms with E-state index in [-0.39, 0.29) is 5.41 Å². The van der Waals surface area contributed by atoms with Crippen LogP contribution in [0.3, 0.4) is 0 Å². The van der Waals surface area contributed by atoms with Gasteiger partial charge in [-0.2, -0.15) is 5.26 Å². The van der Waals surface area contributed by atoms with Crippen LogP contribution in [0.5, 0.6) is 0 Å². The maximum atomic E-state index is 9.19. The monoisotopic (exact) mass is 346 g/mol. The van der Waals surface area contributed by atoms with Crippen LogP contribution in [0.25, 0.3) is 33.2 Å². The van der Waals surface area contributed by atoms with Crippen molar-refractivity contribution in [2.45, 2.75) is 19.3 Å². The SMILES string of the molecule is CC1(C)c2ccc(-c3cc(C#N)ccn3)cc2-c2ccc3ccccc3c21. The van der Waals surface area contributed by atoms with Gasteiger partial charge in [0, 0.05) is 17.2 Å². The first-order valence-corrected chi connectivity index (χ1v) is 9.13. The van der Waals surface area contributed by atoms with E-state index in [1.807, 2.05) is 6.07 Å². The minimum Gasteiger partial charge on any atom is -0.256 e. The Morgan fingerprint density at radius 2 is 1.74 bits per heavy atom. The van der Waals surface area contributed by atoms with Gasteiger partial charge in [0.2, 0.25) is 0 Å². The molecule has 1 aromatic heterocycles. The summed E-state index contributed by atoms with van der Waals surface area (Å²) in [4.78, 5) is 4.47. The zero-order valence-electron chi connectivity index (χ0n) is 15.3. The summed E-state index contributed by atoms with van der Waals surface area (Å²) in [6.45, 7) is 4.61. The lowest BCUT2D eigenvalue weighted by atomic mass is 9.80. The molecule has 0 unspecified atom stereocenters. The lowest BCUT2D eigenvalue weighted by Crippen LogP contribution is -2.15. The fourth-order valence-corrected chi connectivity index (χ4v) is 4.43. The second-order valence-corrected chi connectivity index (χ2v) is 7.64. The molecule has 2 heteroatoms. The first kappa shape index (κ1) is 15.8. The van der Waals surface area contributed by atoms with Gasteiger partial charge in [0.05, 0.1) is 17.3 Å². The summed E-state index contributed by atoms with van der Waals surface area (Å²) < 4.78 is 0. The number of pyridine rings is 1. The maximum Gasteiger partial charge on any atom is 0.0992 e. The van der Waals surface area contributed by atoms with Crippen molar-refractivity contribution in [3.63, 3.8) is 0 Å². The fourth-order valence-electron chi connectivity index (χ4n) is 4.43. The number of nitrogens with zero attached hydrogens (tertiary/aromatic N) is 2. The highest BCUT2D eigenvalue weighted by atomic mass is 14.7. The van der Waals surface area contributed by atoms with Gasteiger partial charge in [0.15, 0.2) is 0 Å². The van der Waals surface area contributed by atoms with E-state index in [4.69, 9.17) is 0 Å². The number of fused-ring (bicyclic) bond motifs is 5. The van der Waals surface area contributed by atoms with Gasteiger partial charge < -0.3 is 0 Å². The summed E-state index contributed by atoms with van der Waals surface area (Å²) >= 11 is 0. The minimum atomic E-state index is -0.0496. The van der Waals surface area contributed by atoms with Gasteiger partial charge in [-0.15, -0.1) is 0 Å². The topological polar surface area (TPSA) is 36.7 Å². The highest BCUT2D eigenvalue weighted by Crippen LogP contribution is 2.51. The molecule has 128 valence electrons. The Morgan fingerprint density at radius 1 is 0.889 bits per heavy atom. The number of aromatic nitrogens is 1. The Bertz CT molecular complexity index is 1260. The Morgan fingerprint density at radius 3 is 2.59 bits per heavy atom. The molecule has 2 nitrogen and oxygen atoms in total. The average Bonchev–Trinajstić information content (AvgIpc) is 2.95. The van der Waals surface area contributed by atoms with E-state index in [0.29, 0.717) is 5.56 Å². The molecular weight excluding hydrogens is 328 g/mol. The summed E-state index contributed by atoms with van der Waals surface area (Å²) in [6, 6.07) is 25.4. The van der Waals surface area contributed by atoms with Crippen molar-refractivity contribution in [1.29, 1.82) is 5.26 Å². The molecule has 0 N–H and O–H groups in total. The van der Waals surface area contributed by atoms with Crippen LogP contribution in [0.4, 0.5) is 0 Å². The molecule has 1 heterocycles. The van der Waals surface area contributed by atoms with Gasteiger partial charge in [-0.1, -0.05) is 62.4 Å². The van der Waals surface area contributed by atoms with Crippen LogP contribution in [0.1, 0.15) is 30.5 Å². The van der Waals surface area contributed by atoms with E-state index in [2.05, 4.69) is 79.5 Å². The minimum absolute atomic E-state index is 0.0496. The van der Waals surface area contributed by atoms with Crippen molar-refractivity contribution in [3.8, 4) is 28.5 Å². The van der Waals surface area contributed by atoms with Crippen LogP contribution in [-0.4, -0.2) is 4.98 Å². The second kappa shape index (κ2) is 5.53. The molecule has 5 rings (SSSR count). The summed E-state index contributed by atoms with van der Waals surface area (Å²) in [5.41, 5.74) is 7.76. The van der Waals surface area contributed by atoms with E-state index in [9.17, 15) is 5.26 Å². The number of hydrogen-bond donors (Lipinski definition) is 0. The first-order chi connectivity index (χ1) is 13.1. The molecule has 0 saturated carbocycles. The van der Waals surface area contributed by atoms with Crippen molar-refractivity contribution in [3.05, 3.63) is 89.6 Å². The van der Waals surface area contributed by atoms with E-state index in [1.54, 1.807) is 12.3 Å². The number of rotatable bonds is 1. The molecular formula is C25H18N2. The lowest BCUT2D eigenvalue weighted by Gasteiger charge is -2.23. The number of benzene rings is 3. The highest BCUT2D eigenvalue weighted by molar-refractivity contribution is 5.98. The van der Waals surface area contributed by atoms with Crippen LogP contribution in [-0.2, 0) is 5.41 Å².